The number of nitrogens with zero attached hydrogens (tertiary/aromatic N) is 2. The summed E-state index contributed by atoms with van der Waals surface area (Å²) < 4.78 is 15.0. The quantitative estimate of drug-likeness (QED) is 0.490. The minimum Gasteiger partial charge on any atom is -0.363 e. The van der Waals surface area contributed by atoms with Crippen molar-refractivity contribution in [3.05, 3.63) is 70.1 Å². The highest BCUT2D eigenvalue weighted by molar-refractivity contribution is 6.09. The Kier molecular flexibility index (Phi) is 6.03. The van der Waals surface area contributed by atoms with E-state index in [1.807, 2.05) is 52.0 Å². The van der Waals surface area contributed by atoms with E-state index in [0.29, 0.717) is 5.69 Å². The zero-order valence-corrected chi connectivity index (χ0v) is 18.9. The molecule has 5 heteroatoms. The maximum absolute atomic E-state index is 15.0. The van der Waals surface area contributed by atoms with E-state index in [9.17, 15) is 10.1 Å². The van der Waals surface area contributed by atoms with Crippen molar-refractivity contribution < 1.29 is 9.18 Å². The van der Waals surface area contributed by atoms with Gasteiger partial charge < -0.3 is 10.2 Å². The van der Waals surface area contributed by atoms with Gasteiger partial charge >= 0.3 is 0 Å². The monoisotopic (exact) mass is 417 g/mol. The maximum atomic E-state index is 15.0. The Morgan fingerprint density at radius 2 is 1.81 bits per heavy atom. The number of rotatable bonds is 4. The van der Waals surface area contributed by atoms with Crippen LogP contribution in [0.25, 0.3) is 11.6 Å². The van der Waals surface area contributed by atoms with Gasteiger partial charge in [-0.2, -0.15) is 5.26 Å². The number of amides is 1. The molecule has 0 bridgehead atoms. The number of anilines is 2. The molecule has 0 fully saturated rings. The van der Waals surface area contributed by atoms with Crippen molar-refractivity contribution in [1.82, 2.24) is 0 Å². The van der Waals surface area contributed by atoms with Crippen LogP contribution >= 0.6 is 0 Å². The molecule has 160 valence electrons. The summed E-state index contributed by atoms with van der Waals surface area (Å²) in [6, 6.07) is 10.8. The fraction of sp³-hybridized carbons (Fsp3) is 0.308. The largest absolute Gasteiger partial charge is 0.363 e. The van der Waals surface area contributed by atoms with Crippen molar-refractivity contribution in [2.45, 2.75) is 47.1 Å². The van der Waals surface area contributed by atoms with E-state index in [0.717, 1.165) is 34.5 Å². The lowest BCUT2D eigenvalue weighted by atomic mass is 9.87. The Balaban J connectivity index is 1.99. The average molecular weight is 418 g/mol. The molecule has 1 aliphatic heterocycles. The fourth-order valence-electron chi connectivity index (χ4n) is 4.35. The average Bonchev–Trinajstić information content (AvgIpc) is 2.65. The zero-order valence-electron chi connectivity index (χ0n) is 18.9. The van der Waals surface area contributed by atoms with Crippen LogP contribution in [0.1, 0.15) is 49.9 Å². The number of carbonyl (C=O) groups is 1. The molecule has 0 radical (unpaired) electrons. The van der Waals surface area contributed by atoms with Gasteiger partial charge in [0.1, 0.15) is 17.5 Å². The molecule has 0 saturated carbocycles. The van der Waals surface area contributed by atoms with Crippen molar-refractivity contribution in [2.24, 2.45) is 0 Å². The molecule has 31 heavy (non-hydrogen) atoms. The summed E-state index contributed by atoms with van der Waals surface area (Å²) in [5.41, 5.74) is 5.22. The molecule has 4 nitrogen and oxygen atoms in total. The van der Waals surface area contributed by atoms with Gasteiger partial charge in [0.2, 0.25) is 0 Å². The number of hydrogen-bond acceptors (Lipinski definition) is 3. The standard InChI is InChI=1S/C26H28FN3O/c1-7-30-24-13-23(27)19(12-22(24)18(4)14-26(30,5)6)11-20(15-28)25(31)29-21-9-16(2)8-17(3)10-21/h8-14H,7H2,1-6H3,(H,29,31)/b20-11+. The SMILES string of the molecule is CCN1c2cc(F)c(/C=C(\C#N)C(=O)Nc3cc(C)cc(C)c3)cc2C(C)=CC1(C)C. The van der Waals surface area contributed by atoms with Crippen molar-refractivity contribution in [1.29, 1.82) is 5.26 Å². The van der Waals surface area contributed by atoms with Crippen molar-refractivity contribution >= 4 is 28.9 Å². The van der Waals surface area contributed by atoms with Crippen LogP contribution in [0, 0.1) is 31.0 Å². The lowest BCUT2D eigenvalue weighted by molar-refractivity contribution is -0.112. The first-order chi connectivity index (χ1) is 14.6. The molecule has 1 aliphatic rings. The third-order valence-electron chi connectivity index (χ3n) is 5.56. The van der Waals surface area contributed by atoms with Gasteiger partial charge in [0, 0.05) is 29.0 Å². The molecule has 0 atom stereocenters. The predicted molar refractivity (Wildman–Crippen MR) is 125 cm³/mol. The van der Waals surface area contributed by atoms with E-state index in [-0.39, 0.29) is 16.7 Å². The highest BCUT2D eigenvalue weighted by atomic mass is 19.1. The molecule has 0 saturated heterocycles. The van der Waals surface area contributed by atoms with Crippen LogP contribution in [0.5, 0.6) is 0 Å². The van der Waals surface area contributed by atoms with Crippen molar-refractivity contribution in [3.8, 4) is 6.07 Å². The first-order valence-corrected chi connectivity index (χ1v) is 10.4. The molecule has 2 aromatic rings. The second kappa shape index (κ2) is 8.39. The summed E-state index contributed by atoms with van der Waals surface area (Å²) in [5, 5.41) is 12.3. The first kappa shape index (κ1) is 22.3. The van der Waals surface area contributed by atoms with E-state index in [1.54, 1.807) is 6.07 Å². The van der Waals surface area contributed by atoms with E-state index < -0.39 is 11.7 Å². The minimum atomic E-state index is -0.562. The summed E-state index contributed by atoms with van der Waals surface area (Å²) in [7, 11) is 0. The van der Waals surface area contributed by atoms with Gasteiger partial charge in [-0.15, -0.1) is 0 Å². The van der Waals surface area contributed by atoms with E-state index in [1.165, 1.54) is 12.1 Å². The number of hydrogen-bond donors (Lipinski definition) is 1. The lowest BCUT2D eigenvalue weighted by Gasteiger charge is -2.42. The van der Waals surface area contributed by atoms with Gasteiger partial charge in [0.15, 0.2) is 0 Å². The molecule has 0 unspecified atom stereocenters. The third kappa shape index (κ3) is 4.54. The van der Waals surface area contributed by atoms with Crippen molar-refractivity contribution in [3.63, 3.8) is 0 Å². The number of benzene rings is 2. The molecular formula is C26H28FN3O. The van der Waals surface area contributed by atoms with E-state index in [4.69, 9.17) is 0 Å². The van der Waals surface area contributed by atoms with Gasteiger partial charge in [-0.3, -0.25) is 4.79 Å². The van der Waals surface area contributed by atoms with Gasteiger partial charge in [0.05, 0.1) is 5.54 Å². The highest BCUT2D eigenvalue weighted by Crippen LogP contribution is 2.40. The van der Waals surface area contributed by atoms with Gasteiger partial charge in [-0.05, 0) is 88.6 Å². The van der Waals surface area contributed by atoms with Crippen LogP contribution in [0.3, 0.4) is 0 Å². The van der Waals surface area contributed by atoms with Crippen LogP contribution in [0.4, 0.5) is 15.8 Å². The number of nitrogens with one attached hydrogen (secondary N) is 1. The molecule has 0 aliphatic carbocycles. The Bertz CT molecular complexity index is 1130. The number of likely N-dealkylation sites (N-methyl/N-ethyl adjacent to an activating group) is 1. The molecule has 3 rings (SSSR count). The Morgan fingerprint density at radius 3 is 2.39 bits per heavy atom. The van der Waals surface area contributed by atoms with Gasteiger partial charge in [-0.25, -0.2) is 4.39 Å². The van der Waals surface area contributed by atoms with Crippen LogP contribution in [-0.4, -0.2) is 18.0 Å². The molecule has 1 amide bonds. The second-order valence-corrected chi connectivity index (χ2v) is 8.62. The number of carbonyl (C=O) groups excluding carboxylic acids is 1. The van der Waals surface area contributed by atoms with Crippen LogP contribution in [0.2, 0.25) is 0 Å². The molecule has 1 N–H and O–H groups in total. The molecule has 0 spiro atoms. The first-order valence-electron chi connectivity index (χ1n) is 10.4. The van der Waals surface area contributed by atoms with Crippen LogP contribution in [-0.2, 0) is 4.79 Å². The summed E-state index contributed by atoms with van der Waals surface area (Å²) in [6.45, 7) is 12.8. The van der Waals surface area contributed by atoms with Crippen molar-refractivity contribution in [2.75, 3.05) is 16.8 Å². The Hall–Kier alpha value is -3.39. The number of aryl methyl sites for hydroxylation is 2. The normalized spacial score (nSPS) is 15.1. The van der Waals surface area contributed by atoms with Crippen LogP contribution < -0.4 is 10.2 Å². The Morgan fingerprint density at radius 1 is 1.16 bits per heavy atom. The Labute approximate surface area is 183 Å². The second-order valence-electron chi connectivity index (χ2n) is 8.62. The van der Waals surface area contributed by atoms with Gasteiger partial charge in [0.25, 0.3) is 5.91 Å². The molecule has 1 heterocycles. The maximum Gasteiger partial charge on any atom is 0.266 e. The topological polar surface area (TPSA) is 56.1 Å². The number of allylic oxidation sites excluding steroid dienone is 1. The minimum absolute atomic E-state index is 0.150. The van der Waals surface area contributed by atoms with E-state index in [2.05, 4.69) is 30.1 Å². The number of halogens is 1. The predicted octanol–water partition coefficient (Wildman–Crippen LogP) is 6.01. The molecule has 2 aromatic carbocycles. The van der Waals surface area contributed by atoms with Gasteiger partial charge in [-0.1, -0.05) is 12.1 Å². The number of fused-ring (bicyclic) bond motifs is 1. The summed E-state index contributed by atoms with van der Waals surface area (Å²) in [5.74, 6) is -1.03. The summed E-state index contributed by atoms with van der Waals surface area (Å²) in [6.07, 6.45) is 3.47. The third-order valence-corrected chi connectivity index (χ3v) is 5.56. The zero-order chi connectivity index (χ0) is 22.9. The number of nitriles is 1. The molecule has 0 aromatic heterocycles. The highest BCUT2D eigenvalue weighted by Gasteiger charge is 2.31. The summed E-state index contributed by atoms with van der Waals surface area (Å²) >= 11 is 0. The summed E-state index contributed by atoms with van der Waals surface area (Å²) in [4.78, 5) is 14.8. The van der Waals surface area contributed by atoms with Crippen LogP contribution in [0.15, 0.2) is 42.0 Å². The lowest BCUT2D eigenvalue weighted by Crippen LogP contribution is -2.45. The smallest absolute Gasteiger partial charge is 0.266 e. The molecular weight excluding hydrogens is 389 g/mol. The van der Waals surface area contributed by atoms with E-state index >= 15 is 4.39 Å². The fourth-order valence-corrected chi connectivity index (χ4v) is 4.35.